The van der Waals surface area contributed by atoms with E-state index in [0.29, 0.717) is 0 Å². The number of fused-ring (bicyclic) bond motifs is 2. The molecule has 0 aromatic rings. The summed E-state index contributed by atoms with van der Waals surface area (Å²) in [6.07, 6.45) is -12.1. The molecule has 0 spiro atoms. The van der Waals surface area contributed by atoms with Crippen molar-refractivity contribution >= 4 is 23.2 Å². The lowest BCUT2D eigenvalue weighted by Crippen LogP contribution is -2.70. The maximum absolute atomic E-state index is 13.0. The van der Waals surface area contributed by atoms with E-state index in [2.05, 4.69) is 0 Å². The van der Waals surface area contributed by atoms with E-state index in [4.69, 9.17) is 27.9 Å². The van der Waals surface area contributed by atoms with Gasteiger partial charge in [0.25, 0.3) is 0 Å². The molecule has 1 aliphatic heterocycles. The van der Waals surface area contributed by atoms with Gasteiger partial charge in [-0.3, -0.25) is 5.32 Å². The van der Waals surface area contributed by atoms with Gasteiger partial charge in [-0.15, -0.1) is 23.2 Å². The van der Waals surface area contributed by atoms with Crippen molar-refractivity contribution in [1.82, 2.24) is 5.32 Å². The molecular weight excluding hydrogens is 335 g/mol. The molecule has 1 saturated carbocycles. The third kappa shape index (κ3) is 2.19. The molecule has 2 bridgehead atoms. The first-order valence-corrected chi connectivity index (χ1v) is 6.76. The summed E-state index contributed by atoms with van der Waals surface area (Å²) in [4.78, 5) is 0. The number of rotatable bonds is 3. The first-order valence-electron chi connectivity index (χ1n) is 5.79. The third-order valence-corrected chi connectivity index (χ3v) is 4.60. The Bertz CT molecular complexity index is 360. The summed E-state index contributed by atoms with van der Waals surface area (Å²) >= 11 is 11.2. The van der Waals surface area contributed by atoms with Gasteiger partial charge in [-0.1, -0.05) is 0 Å². The summed E-state index contributed by atoms with van der Waals surface area (Å²) in [5.74, 6) is -1.71. The predicted octanol–water partition coefficient (Wildman–Crippen LogP) is 3.07. The summed E-state index contributed by atoms with van der Waals surface area (Å²) in [7, 11) is 0. The van der Waals surface area contributed by atoms with Crippen molar-refractivity contribution < 1.29 is 31.1 Å². The Morgan fingerprint density at radius 1 is 1.15 bits per heavy atom. The SMILES string of the molecule is FC(F)(F)C1(C(F)(F)F)N[C@@H]2[C@H](Cl)[C@@H]1C[C@@H]2OCCCl. The minimum Gasteiger partial charge on any atom is -0.375 e. The molecule has 1 aliphatic carbocycles. The lowest BCUT2D eigenvalue weighted by molar-refractivity contribution is -0.321. The minimum absolute atomic E-state index is 0.0474. The molecule has 0 aromatic carbocycles. The van der Waals surface area contributed by atoms with Crippen molar-refractivity contribution in [3.8, 4) is 0 Å². The molecule has 10 heteroatoms. The molecule has 2 rings (SSSR count). The van der Waals surface area contributed by atoms with Crippen molar-refractivity contribution in [2.24, 2.45) is 5.92 Å². The maximum Gasteiger partial charge on any atom is 0.415 e. The fourth-order valence-corrected chi connectivity index (χ4v) is 3.66. The monoisotopic (exact) mass is 345 g/mol. The summed E-state index contributed by atoms with van der Waals surface area (Å²) in [6, 6.07) is -1.20. The van der Waals surface area contributed by atoms with E-state index in [9.17, 15) is 26.3 Å². The van der Waals surface area contributed by atoms with Crippen molar-refractivity contribution in [2.75, 3.05) is 12.5 Å². The number of hydrogen-bond acceptors (Lipinski definition) is 2. The minimum atomic E-state index is -5.48. The van der Waals surface area contributed by atoms with Gasteiger partial charge in [-0.25, -0.2) is 0 Å². The Morgan fingerprint density at radius 3 is 2.05 bits per heavy atom. The second-order valence-corrected chi connectivity index (χ2v) is 5.74. The normalized spacial score (nSPS) is 36.6. The van der Waals surface area contributed by atoms with Gasteiger partial charge in [0.1, 0.15) is 0 Å². The van der Waals surface area contributed by atoms with Crippen LogP contribution in [0.15, 0.2) is 0 Å². The number of alkyl halides is 8. The molecule has 0 unspecified atom stereocenters. The lowest BCUT2D eigenvalue weighted by atomic mass is 9.82. The van der Waals surface area contributed by atoms with Crippen LogP contribution in [-0.4, -0.2) is 47.9 Å². The Kier molecular flexibility index (Phi) is 4.17. The van der Waals surface area contributed by atoms with Crippen LogP contribution in [0, 0.1) is 5.92 Å². The number of hydrogen-bond donors (Lipinski definition) is 1. The van der Waals surface area contributed by atoms with Gasteiger partial charge in [0, 0.05) is 11.8 Å². The van der Waals surface area contributed by atoms with Crippen molar-refractivity contribution in [3.63, 3.8) is 0 Å². The molecule has 1 N–H and O–H groups in total. The maximum atomic E-state index is 13.0. The van der Waals surface area contributed by atoms with Gasteiger partial charge in [0.05, 0.1) is 24.1 Å². The highest BCUT2D eigenvalue weighted by atomic mass is 35.5. The van der Waals surface area contributed by atoms with Crippen molar-refractivity contribution in [1.29, 1.82) is 0 Å². The molecule has 20 heavy (non-hydrogen) atoms. The summed E-state index contributed by atoms with van der Waals surface area (Å²) in [5.41, 5.74) is -3.96. The van der Waals surface area contributed by atoms with Crippen LogP contribution >= 0.6 is 23.2 Å². The van der Waals surface area contributed by atoms with Crippen LogP contribution in [0.1, 0.15) is 6.42 Å². The van der Waals surface area contributed by atoms with Gasteiger partial charge in [0.2, 0.25) is 5.54 Å². The van der Waals surface area contributed by atoms with Crippen LogP contribution in [0.4, 0.5) is 26.3 Å². The second kappa shape index (κ2) is 5.07. The van der Waals surface area contributed by atoms with Gasteiger partial charge in [-0.2, -0.15) is 26.3 Å². The zero-order chi connectivity index (χ0) is 15.3. The number of halogens is 8. The van der Waals surface area contributed by atoms with Crippen LogP contribution < -0.4 is 5.32 Å². The molecule has 4 atom stereocenters. The molecule has 0 amide bonds. The van der Waals surface area contributed by atoms with Gasteiger partial charge >= 0.3 is 12.4 Å². The quantitative estimate of drug-likeness (QED) is 0.627. The Hall–Kier alpha value is 0.0800. The fourth-order valence-electron chi connectivity index (χ4n) is 3.05. The molecule has 0 radical (unpaired) electrons. The third-order valence-electron chi connectivity index (χ3n) is 3.87. The van der Waals surface area contributed by atoms with E-state index >= 15 is 0 Å². The summed E-state index contributed by atoms with van der Waals surface area (Å²) in [5, 5.41) is 0.350. The van der Waals surface area contributed by atoms with Gasteiger partial charge < -0.3 is 4.74 Å². The Labute approximate surface area is 120 Å². The first kappa shape index (κ1) is 16.5. The molecule has 0 aromatic heterocycles. The standard InChI is InChI=1S/C10H11Cl2F6NO/c11-1-2-20-5-3-4-6(12)7(5)19-8(4,9(13,14)15)10(16,17)18/h4-7,19H,1-3H2/t4-,5-,6+,7-/m0/s1. The van der Waals surface area contributed by atoms with E-state index in [1.807, 2.05) is 0 Å². The number of piperidine rings is 1. The highest BCUT2D eigenvalue weighted by Crippen LogP contribution is 2.58. The van der Waals surface area contributed by atoms with E-state index in [1.54, 1.807) is 5.32 Å². The molecule has 1 heterocycles. The number of nitrogens with one attached hydrogen (secondary N) is 1. The zero-order valence-electron chi connectivity index (χ0n) is 9.86. The van der Waals surface area contributed by atoms with E-state index in [1.165, 1.54) is 0 Å². The fraction of sp³-hybridized carbons (Fsp3) is 1.00. The van der Waals surface area contributed by atoms with Crippen LogP contribution in [-0.2, 0) is 4.74 Å². The van der Waals surface area contributed by atoms with E-state index in [-0.39, 0.29) is 12.5 Å². The largest absolute Gasteiger partial charge is 0.415 e. The van der Waals surface area contributed by atoms with E-state index < -0.39 is 47.8 Å². The van der Waals surface area contributed by atoms with Crippen LogP contribution in [0.2, 0.25) is 0 Å². The highest BCUT2D eigenvalue weighted by Gasteiger charge is 2.81. The second-order valence-electron chi connectivity index (χ2n) is 4.86. The Balaban J connectivity index is 2.29. The molecular formula is C10H11Cl2F6NO. The highest BCUT2D eigenvalue weighted by molar-refractivity contribution is 6.22. The smallest absolute Gasteiger partial charge is 0.375 e. The average Bonchev–Trinajstić information content (AvgIpc) is 2.75. The average molecular weight is 346 g/mol. The topological polar surface area (TPSA) is 21.3 Å². The number of ether oxygens (including phenoxy) is 1. The molecule has 1 saturated heterocycles. The molecule has 118 valence electrons. The van der Waals surface area contributed by atoms with Crippen LogP contribution in [0.3, 0.4) is 0 Å². The van der Waals surface area contributed by atoms with E-state index in [0.717, 1.165) is 0 Å². The van der Waals surface area contributed by atoms with Crippen molar-refractivity contribution in [3.05, 3.63) is 0 Å². The van der Waals surface area contributed by atoms with Crippen LogP contribution in [0.5, 0.6) is 0 Å². The van der Waals surface area contributed by atoms with Crippen molar-refractivity contribution in [2.45, 2.75) is 41.8 Å². The predicted molar refractivity (Wildman–Crippen MR) is 60.0 cm³/mol. The zero-order valence-corrected chi connectivity index (χ0v) is 11.4. The lowest BCUT2D eigenvalue weighted by Gasteiger charge is -2.42. The van der Waals surface area contributed by atoms with Crippen LogP contribution in [0.25, 0.3) is 0 Å². The molecule has 2 aliphatic rings. The molecule has 2 nitrogen and oxygen atoms in total. The Morgan fingerprint density at radius 2 is 1.70 bits per heavy atom. The molecule has 2 fully saturated rings. The summed E-state index contributed by atoms with van der Waals surface area (Å²) < 4.78 is 83.3. The summed E-state index contributed by atoms with van der Waals surface area (Å²) in [6.45, 7) is 0.0474. The van der Waals surface area contributed by atoms with Gasteiger partial charge in [-0.05, 0) is 6.42 Å². The first-order chi connectivity index (χ1) is 9.06. The van der Waals surface area contributed by atoms with Gasteiger partial charge in [0.15, 0.2) is 0 Å².